The fourth-order valence-electron chi connectivity index (χ4n) is 1.83. The van der Waals surface area contributed by atoms with Crippen LogP contribution >= 0.6 is 0 Å². The monoisotopic (exact) mass is 262 g/mol. The van der Waals surface area contributed by atoms with Crippen LogP contribution in [0, 0.1) is 12.3 Å². The Hall–Kier alpha value is -1.35. The van der Waals surface area contributed by atoms with Gasteiger partial charge in [-0.2, -0.15) is 0 Å². The molecule has 0 spiro atoms. The second kappa shape index (κ2) is 6.20. The van der Waals surface area contributed by atoms with Crippen molar-refractivity contribution in [3.05, 3.63) is 35.4 Å². The minimum absolute atomic E-state index is 0.0122. The third-order valence-electron chi connectivity index (χ3n) is 3.67. The van der Waals surface area contributed by atoms with Gasteiger partial charge in [0.15, 0.2) is 0 Å². The Kier molecular flexibility index (Phi) is 5.12. The van der Waals surface area contributed by atoms with E-state index in [1.54, 1.807) is 0 Å². The van der Waals surface area contributed by atoms with Crippen molar-refractivity contribution in [2.24, 2.45) is 11.1 Å². The quantitative estimate of drug-likeness (QED) is 0.876. The zero-order chi connectivity index (χ0) is 14.6. The number of aryl methyl sites for hydroxylation is 1. The lowest BCUT2D eigenvalue weighted by atomic mass is 9.88. The fourth-order valence-corrected chi connectivity index (χ4v) is 1.83. The highest BCUT2D eigenvalue weighted by atomic mass is 16.1. The second-order valence-corrected chi connectivity index (χ2v) is 6.32. The summed E-state index contributed by atoms with van der Waals surface area (Å²) in [6.45, 7) is 10.4. The van der Waals surface area contributed by atoms with E-state index in [2.05, 4.69) is 26.1 Å². The number of carbonyl (C=O) groups is 1. The minimum Gasteiger partial charge on any atom is -0.353 e. The molecule has 0 bridgehead atoms. The molecule has 0 aromatic heterocycles. The van der Waals surface area contributed by atoms with Crippen LogP contribution in [0.5, 0.6) is 0 Å². The van der Waals surface area contributed by atoms with Crippen LogP contribution < -0.4 is 11.1 Å². The molecule has 3 N–H and O–H groups in total. The van der Waals surface area contributed by atoms with E-state index in [-0.39, 0.29) is 23.4 Å². The Balaban J connectivity index is 2.61. The number of nitrogens with one attached hydrogen (secondary N) is 1. The van der Waals surface area contributed by atoms with Crippen molar-refractivity contribution in [3.63, 3.8) is 0 Å². The molecular formula is C16H26N2O. The summed E-state index contributed by atoms with van der Waals surface area (Å²) in [5, 5.41) is 3.02. The zero-order valence-electron chi connectivity index (χ0n) is 12.7. The summed E-state index contributed by atoms with van der Waals surface area (Å²) in [6, 6.07) is 7.83. The molecule has 2 atom stereocenters. The summed E-state index contributed by atoms with van der Waals surface area (Å²) in [5.41, 5.74) is 8.35. The van der Waals surface area contributed by atoms with Crippen LogP contribution in [0.2, 0.25) is 0 Å². The predicted molar refractivity (Wildman–Crippen MR) is 79.8 cm³/mol. The summed E-state index contributed by atoms with van der Waals surface area (Å²) < 4.78 is 0. The molecule has 1 rings (SSSR count). The van der Waals surface area contributed by atoms with Crippen molar-refractivity contribution in [1.82, 2.24) is 5.32 Å². The van der Waals surface area contributed by atoms with E-state index in [0.717, 1.165) is 11.1 Å². The largest absolute Gasteiger partial charge is 0.353 e. The summed E-state index contributed by atoms with van der Waals surface area (Å²) in [5.74, 6) is 0.0122. The lowest BCUT2D eigenvalue weighted by Crippen LogP contribution is -2.42. The SMILES string of the molecule is Cc1ccccc1[C@@H](N)CC(=O)N[C@H](C)C(C)(C)C. The molecule has 0 aliphatic rings. The Labute approximate surface area is 116 Å². The number of amides is 1. The van der Waals surface area contributed by atoms with Crippen molar-refractivity contribution in [2.45, 2.75) is 53.1 Å². The van der Waals surface area contributed by atoms with Gasteiger partial charge in [0.1, 0.15) is 0 Å². The third kappa shape index (κ3) is 4.67. The summed E-state index contributed by atoms with van der Waals surface area (Å²) in [7, 11) is 0. The predicted octanol–water partition coefficient (Wildman–Crippen LogP) is 2.94. The number of benzene rings is 1. The summed E-state index contributed by atoms with van der Waals surface area (Å²) in [6.07, 6.45) is 0.325. The van der Waals surface area contributed by atoms with Crippen LogP contribution in [0.25, 0.3) is 0 Å². The first kappa shape index (κ1) is 15.7. The van der Waals surface area contributed by atoms with Gasteiger partial charge < -0.3 is 11.1 Å². The molecule has 106 valence electrons. The van der Waals surface area contributed by atoms with Gasteiger partial charge in [0.25, 0.3) is 0 Å². The topological polar surface area (TPSA) is 55.1 Å². The smallest absolute Gasteiger partial charge is 0.222 e. The molecule has 1 amide bonds. The van der Waals surface area contributed by atoms with E-state index in [9.17, 15) is 4.79 Å². The lowest BCUT2D eigenvalue weighted by Gasteiger charge is -2.28. The van der Waals surface area contributed by atoms with Gasteiger partial charge in [-0.3, -0.25) is 4.79 Å². The van der Waals surface area contributed by atoms with Crippen LogP contribution in [-0.4, -0.2) is 11.9 Å². The average Bonchev–Trinajstić information content (AvgIpc) is 2.27. The van der Waals surface area contributed by atoms with Gasteiger partial charge in [-0.25, -0.2) is 0 Å². The fraction of sp³-hybridized carbons (Fsp3) is 0.562. The molecule has 0 saturated carbocycles. The van der Waals surface area contributed by atoms with Crippen LogP contribution in [0.4, 0.5) is 0 Å². The van der Waals surface area contributed by atoms with E-state index >= 15 is 0 Å². The first-order chi connectivity index (χ1) is 8.71. The van der Waals surface area contributed by atoms with E-state index in [1.807, 2.05) is 38.1 Å². The maximum Gasteiger partial charge on any atom is 0.222 e. The highest BCUT2D eigenvalue weighted by Crippen LogP contribution is 2.20. The molecule has 0 aliphatic carbocycles. The van der Waals surface area contributed by atoms with Crippen LogP contribution in [0.15, 0.2) is 24.3 Å². The lowest BCUT2D eigenvalue weighted by molar-refractivity contribution is -0.122. The molecule has 1 aromatic carbocycles. The molecule has 3 nitrogen and oxygen atoms in total. The first-order valence-corrected chi connectivity index (χ1v) is 6.82. The van der Waals surface area contributed by atoms with E-state index in [4.69, 9.17) is 5.73 Å². The number of nitrogens with two attached hydrogens (primary N) is 1. The van der Waals surface area contributed by atoms with Gasteiger partial charge in [-0.05, 0) is 30.4 Å². The molecule has 0 fully saturated rings. The van der Waals surface area contributed by atoms with Gasteiger partial charge in [-0.1, -0.05) is 45.0 Å². The maximum atomic E-state index is 12.0. The van der Waals surface area contributed by atoms with Crippen LogP contribution in [0.1, 0.15) is 51.3 Å². The highest BCUT2D eigenvalue weighted by molar-refractivity contribution is 5.77. The molecule has 0 radical (unpaired) electrons. The van der Waals surface area contributed by atoms with Crippen molar-refractivity contribution in [1.29, 1.82) is 0 Å². The summed E-state index contributed by atoms with van der Waals surface area (Å²) >= 11 is 0. The van der Waals surface area contributed by atoms with Crippen molar-refractivity contribution in [3.8, 4) is 0 Å². The zero-order valence-corrected chi connectivity index (χ0v) is 12.7. The number of hydrogen-bond donors (Lipinski definition) is 2. The first-order valence-electron chi connectivity index (χ1n) is 6.82. The van der Waals surface area contributed by atoms with Gasteiger partial charge >= 0.3 is 0 Å². The molecule has 0 saturated heterocycles. The summed E-state index contributed by atoms with van der Waals surface area (Å²) in [4.78, 5) is 12.0. The highest BCUT2D eigenvalue weighted by Gasteiger charge is 2.22. The molecule has 0 aliphatic heterocycles. The molecule has 3 heteroatoms. The van der Waals surface area contributed by atoms with Crippen LogP contribution in [-0.2, 0) is 4.79 Å². The molecular weight excluding hydrogens is 236 g/mol. The molecule has 0 heterocycles. The average molecular weight is 262 g/mol. The van der Waals surface area contributed by atoms with E-state index < -0.39 is 0 Å². The minimum atomic E-state index is -0.242. The maximum absolute atomic E-state index is 12.0. The molecule has 19 heavy (non-hydrogen) atoms. The standard InChI is InChI=1S/C16H26N2O/c1-11-8-6-7-9-13(11)14(17)10-15(19)18-12(2)16(3,4)5/h6-9,12,14H,10,17H2,1-5H3,(H,18,19)/t12-,14+/m1/s1. The van der Waals surface area contributed by atoms with Crippen molar-refractivity contribution >= 4 is 5.91 Å². The Bertz CT molecular complexity index is 435. The normalized spacial score (nSPS) is 14.8. The number of hydrogen-bond acceptors (Lipinski definition) is 2. The van der Waals surface area contributed by atoms with Gasteiger partial charge in [0, 0.05) is 18.5 Å². The van der Waals surface area contributed by atoms with Gasteiger partial charge in [0.2, 0.25) is 5.91 Å². The van der Waals surface area contributed by atoms with Crippen molar-refractivity contribution in [2.75, 3.05) is 0 Å². The number of rotatable bonds is 4. The van der Waals surface area contributed by atoms with E-state index in [0.29, 0.717) is 6.42 Å². The molecule has 1 aromatic rings. The third-order valence-corrected chi connectivity index (χ3v) is 3.67. The number of carbonyl (C=O) groups excluding carboxylic acids is 1. The van der Waals surface area contributed by atoms with Crippen LogP contribution in [0.3, 0.4) is 0 Å². The Morgan fingerprint density at radius 2 is 1.89 bits per heavy atom. The van der Waals surface area contributed by atoms with Gasteiger partial charge in [-0.15, -0.1) is 0 Å². The second-order valence-electron chi connectivity index (χ2n) is 6.32. The van der Waals surface area contributed by atoms with Gasteiger partial charge in [0.05, 0.1) is 0 Å². The molecule has 0 unspecified atom stereocenters. The Morgan fingerprint density at radius 1 is 1.32 bits per heavy atom. The Morgan fingerprint density at radius 3 is 2.42 bits per heavy atom. The van der Waals surface area contributed by atoms with E-state index in [1.165, 1.54) is 0 Å². The van der Waals surface area contributed by atoms with Crippen molar-refractivity contribution < 1.29 is 4.79 Å².